The average Bonchev–Trinajstić information content (AvgIpc) is 3.48. The Hall–Kier alpha value is -2.82. The summed E-state index contributed by atoms with van der Waals surface area (Å²) in [5, 5.41) is 8.46. The van der Waals surface area contributed by atoms with Gasteiger partial charge in [0.2, 0.25) is 0 Å². The largest absolute Gasteiger partial charge is 0.498 e. The van der Waals surface area contributed by atoms with Gasteiger partial charge in [0.05, 0.1) is 45.6 Å². The summed E-state index contributed by atoms with van der Waals surface area (Å²) in [4.78, 5) is 8.08. The highest BCUT2D eigenvalue weighted by Crippen LogP contribution is 2.36. The molecule has 0 atom stereocenters. The molecule has 0 aromatic carbocycles. The van der Waals surface area contributed by atoms with E-state index in [1.54, 1.807) is 46.5 Å². The predicted octanol–water partition coefficient (Wildman–Crippen LogP) is 3.60. The van der Waals surface area contributed by atoms with Gasteiger partial charge in [-0.1, -0.05) is 0 Å². The number of aromatic nitrogens is 6. The third-order valence-electron chi connectivity index (χ3n) is 5.50. The first-order valence-corrected chi connectivity index (χ1v) is 11.0. The molecule has 164 valence electrons. The van der Waals surface area contributed by atoms with E-state index in [-0.39, 0.29) is 18.3 Å². The molecule has 1 fully saturated rings. The fourth-order valence-corrected chi connectivity index (χ4v) is 3.28. The van der Waals surface area contributed by atoms with Crippen LogP contribution < -0.4 is 5.46 Å². The van der Waals surface area contributed by atoms with Crippen LogP contribution in [0.2, 0.25) is 0 Å². The van der Waals surface area contributed by atoms with Crippen LogP contribution in [0.4, 0.5) is 0 Å². The van der Waals surface area contributed by atoms with Crippen molar-refractivity contribution in [2.45, 2.75) is 38.9 Å². The molecule has 1 saturated heterocycles. The highest BCUT2D eigenvalue weighted by atomic mass is 79.9. The van der Waals surface area contributed by atoms with E-state index in [9.17, 15) is 0 Å². The van der Waals surface area contributed by atoms with Gasteiger partial charge >= 0.3 is 7.12 Å². The molecule has 5 rings (SSSR count). The normalized spacial score (nSPS) is 16.5. The Morgan fingerprint density at radius 3 is 1.78 bits per heavy atom. The number of halogens is 1. The van der Waals surface area contributed by atoms with Crippen molar-refractivity contribution in [3.8, 4) is 11.4 Å². The monoisotopic (exact) mass is 494 g/mol. The lowest BCUT2D eigenvalue weighted by molar-refractivity contribution is 0.00578. The minimum Gasteiger partial charge on any atom is -0.399 e. The van der Waals surface area contributed by atoms with Crippen LogP contribution in [-0.4, -0.2) is 47.8 Å². The average molecular weight is 495 g/mol. The Labute approximate surface area is 195 Å². The molecule has 0 unspecified atom stereocenters. The van der Waals surface area contributed by atoms with Crippen LogP contribution in [0.5, 0.6) is 0 Å². The number of hydrogen-bond acceptors (Lipinski definition) is 6. The van der Waals surface area contributed by atoms with Gasteiger partial charge in [0.15, 0.2) is 0 Å². The molecule has 0 amide bonds. The summed E-state index contributed by atoms with van der Waals surface area (Å²) in [6, 6.07) is 7.66. The first kappa shape index (κ1) is 22.4. The smallest absolute Gasteiger partial charge is 0.399 e. The van der Waals surface area contributed by atoms with E-state index in [1.807, 2.05) is 64.4 Å². The first-order chi connectivity index (χ1) is 15.2. The summed E-state index contributed by atoms with van der Waals surface area (Å²) in [5.74, 6) is 0. The Balaban J connectivity index is 0.000000174. The van der Waals surface area contributed by atoms with Crippen LogP contribution in [0.1, 0.15) is 27.7 Å². The molecule has 5 heterocycles. The lowest BCUT2D eigenvalue weighted by Gasteiger charge is -2.32. The van der Waals surface area contributed by atoms with E-state index < -0.39 is 0 Å². The molecule has 0 spiro atoms. The lowest BCUT2D eigenvalue weighted by atomic mass is 9.82. The van der Waals surface area contributed by atoms with Crippen molar-refractivity contribution in [1.29, 1.82) is 0 Å². The topological polar surface area (TPSA) is 79.9 Å². The molecular weight excluding hydrogens is 471 g/mol. The zero-order valence-electron chi connectivity index (χ0n) is 18.4. The molecular formula is C22H24BBrN6O2. The van der Waals surface area contributed by atoms with E-state index in [0.29, 0.717) is 0 Å². The van der Waals surface area contributed by atoms with Gasteiger partial charge in [-0.3, -0.25) is 9.97 Å². The molecule has 0 bridgehead atoms. The molecule has 4 aromatic rings. The molecule has 32 heavy (non-hydrogen) atoms. The van der Waals surface area contributed by atoms with E-state index in [0.717, 1.165) is 21.3 Å². The van der Waals surface area contributed by atoms with Gasteiger partial charge in [0.1, 0.15) is 0 Å². The standard InChI is InChI=1S/C14H18BN3O2.C8H6BrN3/c1-13(2)14(3,4)20-15(19-13)11-8-17-18(10-11)12-6-5-7-16-9-12;9-7-4-11-12(6-7)8-2-1-3-10-5-8/h5-10H,1-4H3;1-6H. The summed E-state index contributed by atoms with van der Waals surface area (Å²) in [6.45, 7) is 8.16. The summed E-state index contributed by atoms with van der Waals surface area (Å²) in [7, 11) is -0.384. The van der Waals surface area contributed by atoms with E-state index in [2.05, 4.69) is 36.1 Å². The van der Waals surface area contributed by atoms with Crippen LogP contribution in [0.25, 0.3) is 11.4 Å². The zero-order valence-corrected chi connectivity index (χ0v) is 20.0. The predicted molar refractivity (Wildman–Crippen MR) is 126 cm³/mol. The van der Waals surface area contributed by atoms with E-state index in [4.69, 9.17) is 9.31 Å². The molecule has 1 aliphatic rings. The molecule has 0 radical (unpaired) electrons. The Morgan fingerprint density at radius 1 is 0.781 bits per heavy atom. The van der Waals surface area contributed by atoms with Crippen LogP contribution in [-0.2, 0) is 9.31 Å². The number of pyridine rings is 2. The summed E-state index contributed by atoms with van der Waals surface area (Å²) in [5.41, 5.74) is 2.10. The molecule has 8 nitrogen and oxygen atoms in total. The van der Waals surface area contributed by atoms with Crippen molar-refractivity contribution < 1.29 is 9.31 Å². The van der Waals surface area contributed by atoms with E-state index >= 15 is 0 Å². The maximum absolute atomic E-state index is 6.01. The second-order valence-corrected chi connectivity index (χ2v) is 9.25. The Morgan fingerprint density at radius 2 is 1.31 bits per heavy atom. The minimum atomic E-state index is -0.384. The maximum atomic E-state index is 6.01. The number of rotatable bonds is 3. The highest BCUT2D eigenvalue weighted by molar-refractivity contribution is 9.10. The van der Waals surface area contributed by atoms with Gasteiger partial charge in [-0.15, -0.1) is 0 Å². The van der Waals surface area contributed by atoms with Crippen LogP contribution in [0, 0.1) is 0 Å². The van der Waals surface area contributed by atoms with Gasteiger partial charge in [-0.05, 0) is 67.9 Å². The van der Waals surface area contributed by atoms with Crippen molar-refractivity contribution in [3.05, 3.63) is 78.3 Å². The van der Waals surface area contributed by atoms with Crippen LogP contribution in [0.3, 0.4) is 0 Å². The molecule has 1 aliphatic heterocycles. The van der Waals surface area contributed by atoms with Crippen molar-refractivity contribution in [3.63, 3.8) is 0 Å². The molecule has 4 aromatic heterocycles. The minimum absolute atomic E-state index is 0.339. The van der Waals surface area contributed by atoms with Crippen molar-refractivity contribution >= 4 is 28.5 Å². The van der Waals surface area contributed by atoms with Gasteiger partial charge < -0.3 is 9.31 Å². The third-order valence-corrected chi connectivity index (χ3v) is 5.91. The summed E-state index contributed by atoms with van der Waals surface area (Å²) in [6.07, 6.45) is 14.3. The SMILES string of the molecule is Brc1cnn(-c2cccnc2)c1.CC1(C)OB(c2cnn(-c3cccnc3)c2)OC1(C)C. The highest BCUT2D eigenvalue weighted by Gasteiger charge is 2.52. The van der Waals surface area contributed by atoms with Gasteiger partial charge in [-0.25, -0.2) is 9.36 Å². The summed E-state index contributed by atoms with van der Waals surface area (Å²) >= 11 is 3.33. The van der Waals surface area contributed by atoms with Gasteiger partial charge in [0.25, 0.3) is 0 Å². The lowest BCUT2D eigenvalue weighted by Crippen LogP contribution is -2.41. The van der Waals surface area contributed by atoms with Crippen molar-refractivity contribution in [2.75, 3.05) is 0 Å². The number of hydrogen-bond donors (Lipinski definition) is 0. The fourth-order valence-electron chi connectivity index (χ4n) is 3.00. The van der Waals surface area contributed by atoms with Gasteiger partial charge in [0, 0.05) is 36.4 Å². The van der Waals surface area contributed by atoms with Crippen LogP contribution in [0.15, 0.2) is 78.3 Å². The molecule has 0 saturated carbocycles. The second kappa shape index (κ2) is 8.97. The van der Waals surface area contributed by atoms with Gasteiger partial charge in [-0.2, -0.15) is 10.2 Å². The quantitative estimate of drug-likeness (QED) is 0.405. The molecule has 0 N–H and O–H groups in total. The third kappa shape index (κ3) is 4.82. The zero-order chi connectivity index (χ0) is 22.8. The molecule has 0 aliphatic carbocycles. The maximum Gasteiger partial charge on any atom is 0.498 e. The van der Waals surface area contributed by atoms with Crippen molar-refractivity contribution in [1.82, 2.24) is 29.5 Å². The fraction of sp³-hybridized carbons (Fsp3) is 0.273. The Bertz CT molecular complexity index is 1150. The molecule has 10 heteroatoms. The Kier molecular flexibility index (Phi) is 6.27. The second-order valence-electron chi connectivity index (χ2n) is 8.33. The van der Waals surface area contributed by atoms with Crippen LogP contribution >= 0.6 is 15.9 Å². The van der Waals surface area contributed by atoms with E-state index in [1.165, 1.54) is 0 Å². The first-order valence-electron chi connectivity index (χ1n) is 10.2. The van der Waals surface area contributed by atoms with Crippen molar-refractivity contribution in [2.24, 2.45) is 0 Å². The number of nitrogens with zero attached hydrogens (tertiary/aromatic N) is 6. The summed E-state index contributed by atoms with van der Waals surface area (Å²) < 4.78 is 16.5.